The van der Waals surface area contributed by atoms with Crippen LogP contribution in [0.1, 0.15) is 67.0 Å². The molecule has 0 radical (unpaired) electrons. The largest absolute Gasteiger partial charge is 0.492 e. The van der Waals surface area contributed by atoms with Gasteiger partial charge in [0.25, 0.3) is 0 Å². The Morgan fingerprint density at radius 2 is 1.88 bits per heavy atom. The van der Waals surface area contributed by atoms with Crippen LogP contribution in [0, 0.1) is 5.92 Å². The van der Waals surface area contributed by atoms with Crippen LogP contribution >= 0.6 is 0 Å². The molecule has 168 valence electrons. The summed E-state index contributed by atoms with van der Waals surface area (Å²) >= 11 is 0. The van der Waals surface area contributed by atoms with Crippen molar-refractivity contribution in [3.05, 3.63) is 47.8 Å². The fourth-order valence-corrected chi connectivity index (χ4v) is 4.52. The number of aromatic nitrogens is 3. The highest BCUT2D eigenvalue weighted by atomic mass is 19.3. The van der Waals surface area contributed by atoms with Gasteiger partial charge in [0, 0.05) is 24.8 Å². The smallest absolute Gasteiger partial charge is 0.354 e. The van der Waals surface area contributed by atoms with Gasteiger partial charge in [-0.15, -0.1) is 0 Å². The van der Waals surface area contributed by atoms with Crippen LogP contribution in [0.5, 0.6) is 5.75 Å². The van der Waals surface area contributed by atoms with Crippen molar-refractivity contribution in [3.8, 4) is 11.4 Å². The second kappa shape index (κ2) is 8.15. The number of alkyl halides is 2. The first-order valence-corrected chi connectivity index (χ1v) is 11.1. The van der Waals surface area contributed by atoms with Crippen molar-refractivity contribution in [2.45, 2.75) is 56.8 Å². The van der Waals surface area contributed by atoms with Crippen LogP contribution < -0.4 is 4.74 Å². The average Bonchev–Trinajstić information content (AvgIpc) is 3.11. The van der Waals surface area contributed by atoms with Crippen molar-refractivity contribution in [2.24, 2.45) is 5.92 Å². The molecule has 0 saturated heterocycles. The zero-order chi connectivity index (χ0) is 22.3. The molecular formula is C24H25F2N3O3. The number of hydrogen-bond donors (Lipinski definition) is 1. The number of carboxylic acids is 1. The second-order valence-corrected chi connectivity index (χ2v) is 8.88. The minimum absolute atomic E-state index is 0.0161. The number of pyridine rings is 1. The molecule has 1 N–H and O–H groups in total. The molecule has 0 amide bonds. The molecule has 2 heterocycles. The lowest BCUT2D eigenvalue weighted by Crippen LogP contribution is -2.27. The lowest BCUT2D eigenvalue weighted by atomic mass is 9.82. The van der Waals surface area contributed by atoms with Gasteiger partial charge in [0.05, 0.1) is 23.4 Å². The standard InChI is InChI=1S/C24H25F2N3O3/c25-24(26)11-9-15(10-12-24)14-32-19-13-18(23(30)31)27-22-20(19)21(16-5-4-6-16)28-29(22)17-7-2-1-3-8-17/h1-3,7-8,13,15-16H,4-6,9-12,14H2,(H,30,31). The SMILES string of the molecule is O=C(O)c1cc(OCC2CCC(F)(F)CC2)c2c(C3CCC3)nn(-c3ccccc3)c2n1. The summed E-state index contributed by atoms with van der Waals surface area (Å²) in [7, 11) is 0. The van der Waals surface area contributed by atoms with Crippen LogP contribution in [0.2, 0.25) is 0 Å². The molecule has 2 aromatic heterocycles. The average molecular weight is 441 g/mol. The van der Waals surface area contributed by atoms with Gasteiger partial charge in [-0.2, -0.15) is 5.10 Å². The van der Waals surface area contributed by atoms with Gasteiger partial charge in [0.15, 0.2) is 11.3 Å². The van der Waals surface area contributed by atoms with E-state index < -0.39 is 11.9 Å². The fourth-order valence-electron chi connectivity index (χ4n) is 4.52. The molecule has 3 aromatic rings. The molecule has 0 aliphatic heterocycles. The molecule has 5 rings (SSSR count). The number of nitrogens with zero attached hydrogens (tertiary/aromatic N) is 3. The first kappa shape index (κ1) is 20.8. The minimum atomic E-state index is -2.59. The zero-order valence-electron chi connectivity index (χ0n) is 17.6. The number of carboxylic acid groups (broad SMARTS) is 1. The lowest BCUT2D eigenvalue weighted by molar-refractivity contribution is -0.0498. The van der Waals surface area contributed by atoms with Crippen LogP contribution in [-0.4, -0.2) is 38.4 Å². The van der Waals surface area contributed by atoms with Crippen molar-refractivity contribution >= 4 is 17.0 Å². The number of para-hydroxylation sites is 1. The highest BCUT2D eigenvalue weighted by molar-refractivity contribution is 5.94. The summed E-state index contributed by atoms with van der Waals surface area (Å²) in [6, 6.07) is 10.9. The van der Waals surface area contributed by atoms with Gasteiger partial charge in [0.1, 0.15) is 5.75 Å². The normalized spacial score (nSPS) is 19.1. The molecule has 2 fully saturated rings. The van der Waals surface area contributed by atoms with Gasteiger partial charge < -0.3 is 9.84 Å². The molecule has 2 aliphatic carbocycles. The summed E-state index contributed by atoms with van der Waals surface area (Å²) in [6.45, 7) is 0.273. The van der Waals surface area contributed by atoms with Crippen molar-refractivity contribution < 1.29 is 23.4 Å². The van der Waals surface area contributed by atoms with Crippen molar-refractivity contribution in [1.82, 2.24) is 14.8 Å². The van der Waals surface area contributed by atoms with E-state index in [1.165, 1.54) is 6.07 Å². The molecule has 0 unspecified atom stereocenters. The van der Waals surface area contributed by atoms with Gasteiger partial charge in [-0.05, 0) is 43.7 Å². The minimum Gasteiger partial charge on any atom is -0.492 e. The molecule has 0 spiro atoms. The summed E-state index contributed by atoms with van der Waals surface area (Å²) in [4.78, 5) is 16.2. The first-order valence-electron chi connectivity index (χ1n) is 11.1. The molecule has 2 saturated carbocycles. The molecule has 0 bridgehead atoms. The van der Waals surface area contributed by atoms with Crippen LogP contribution in [0.15, 0.2) is 36.4 Å². The Morgan fingerprint density at radius 3 is 2.50 bits per heavy atom. The van der Waals surface area contributed by atoms with Crippen LogP contribution in [-0.2, 0) is 0 Å². The Morgan fingerprint density at radius 1 is 1.16 bits per heavy atom. The highest BCUT2D eigenvalue weighted by Gasteiger charge is 2.35. The number of hydrogen-bond acceptors (Lipinski definition) is 4. The van der Waals surface area contributed by atoms with E-state index >= 15 is 0 Å². The van der Waals surface area contributed by atoms with E-state index in [1.54, 1.807) is 4.68 Å². The number of aromatic carboxylic acids is 1. The Hall–Kier alpha value is -3.03. The number of rotatable bonds is 6. The third-order valence-corrected chi connectivity index (χ3v) is 6.65. The second-order valence-electron chi connectivity index (χ2n) is 8.88. The van der Waals surface area contributed by atoms with Crippen molar-refractivity contribution in [3.63, 3.8) is 0 Å². The van der Waals surface area contributed by atoms with E-state index in [9.17, 15) is 18.7 Å². The van der Waals surface area contributed by atoms with E-state index in [0.717, 1.165) is 36.0 Å². The number of fused-ring (bicyclic) bond motifs is 1. The maximum absolute atomic E-state index is 13.5. The number of carbonyl (C=O) groups is 1. The third kappa shape index (κ3) is 3.94. The van der Waals surface area contributed by atoms with Gasteiger partial charge in [-0.25, -0.2) is 23.2 Å². The van der Waals surface area contributed by atoms with E-state index in [-0.39, 0.29) is 37.0 Å². The predicted molar refractivity (Wildman–Crippen MR) is 115 cm³/mol. The summed E-state index contributed by atoms with van der Waals surface area (Å²) in [6.07, 6.45) is 3.67. The van der Waals surface area contributed by atoms with Crippen molar-refractivity contribution in [2.75, 3.05) is 6.61 Å². The Labute approximate surface area is 184 Å². The van der Waals surface area contributed by atoms with Gasteiger partial charge >= 0.3 is 5.97 Å². The van der Waals surface area contributed by atoms with Crippen LogP contribution in [0.25, 0.3) is 16.7 Å². The molecule has 6 nitrogen and oxygen atoms in total. The quantitative estimate of drug-likeness (QED) is 0.540. The third-order valence-electron chi connectivity index (χ3n) is 6.65. The predicted octanol–water partition coefficient (Wildman–Crippen LogP) is 5.59. The van der Waals surface area contributed by atoms with E-state index in [1.807, 2.05) is 30.3 Å². The Kier molecular flexibility index (Phi) is 5.31. The summed E-state index contributed by atoms with van der Waals surface area (Å²) in [5, 5.41) is 15.2. The molecule has 1 aromatic carbocycles. The summed E-state index contributed by atoms with van der Waals surface area (Å²) in [5.74, 6) is -3.03. The monoisotopic (exact) mass is 441 g/mol. The van der Waals surface area contributed by atoms with Gasteiger partial charge in [-0.1, -0.05) is 24.6 Å². The zero-order valence-corrected chi connectivity index (χ0v) is 17.6. The molecular weight excluding hydrogens is 416 g/mol. The van der Waals surface area contributed by atoms with Gasteiger partial charge in [-0.3, -0.25) is 0 Å². The maximum Gasteiger partial charge on any atom is 0.354 e. The van der Waals surface area contributed by atoms with E-state index in [4.69, 9.17) is 9.84 Å². The summed E-state index contributed by atoms with van der Waals surface area (Å²) < 4.78 is 34.8. The molecule has 32 heavy (non-hydrogen) atoms. The molecule has 0 atom stereocenters. The fraction of sp³-hybridized carbons (Fsp3) is 0.458. The van der Waals surface area contributed by atoms with E-state index in [2.05, 4.69) is 4.98 Å². The maximum atomic E-state index is 13.5. The summed E-state index contributed by atoms with van der Waals surface area (Å²) in [5.41, 5.74) is 1.98. The number of ether oxygens (including phenoxy) is 1. The number of benzene rings is 1. The highest BCUT2D eigenvalue weighted by Crippen LogP contribution is 2.43. The topological polar surface area (TPSA) is 77.2 Å². The Bertz CT molecular complexity index is 1130. The Balaban J connectivity index is 1.56. The first-order chi connectivity index (χ1) is 15.4. The van der Waals surface area contributed by atoms with E-state index in [0.29, 0.717) is 24.2 Å². The number of halogens is 2. The van der Waals surface area contributed by atoms with Crippen LogP contribution in [0.3, 0.4) is 0 Å². The van der Waals surface area contributed by atoms with Crippen LogP contribution in [0.4, 0.5) is 8.78 Å². The van der Waals surface area contributed by atoms with Gasteiger partial charge in [0.2, 0.25) is 5.92 Å². The van der Waals surface area contributed by atoms with Crippen molar-refractivity contribution in [1.29, 1.82) is 0 Å². The molecule has 8 heteroatoms. The molecule has 2 aliphatic rings. The lowest BCUT2D eigenvalue weighted by Gasteiger charge is -2.28.